The number of carboxylic acid groups (broad SMARTS) is 1. The molecule has 1 aliphatic heterocycles. The maximum Gasteiger partial charge on any atom is 0.371 e. The Labute approximate surface area is 120 Å². The summed E-state index contributed by atoms with van der Waals surface area (Å²) in [6.07, 6.45) is 2.67. The van der Waals surface area contributed by atoms with Crippen LogP contribution in [-0.4, -0.2) is 32.5 Å². The number of H-pyrrole nitrogens is 1. The van der Waals surface area contributed by atoms with Gasteiger partial charge in [0.2, 0.25) is 5.76 Å². The summed E-state index contributed by atoms with van der Waals surface area (Å²) in [5.41, 5.74) is 2.25. The zero-order chi connectivity index (χ0) is 14.1. The van der Waals surface area contributed by atoms with Gasteiger partial charge < -0.3 is 14.5 Å². The molecule has 0 amide bonds. The van der Waals surface area contributed by atoms with Crippen LogP contribution in [0.3, 0.4) is 0 Å². The summed E-state index contributed by atoms with van der Waals surface area (Å²) >= 11 is 5.01. The monoisotopic (exact) mass is 291 g/mol. The lowest BCUT2D eigenvalue weighted by atomic mass is 10.1. The third kappa shape index (κ3) is 2.63. The molecule has 104 valence electrons. The summed E-state index contributed by atoms with van der Waals surface area (Å²) in [5, 5.41) is 8.83. The molecule has 0 fully saturated rings. The summed E-state index contributed by atoms with van der Waals surface area (Å²) in [6, 6.07) is 3.18. The molecule has 3 rings (SSSR count). The minimum absolute atomic E-state index is 0.0249. The Balaban J connectivity index is 1.72. The number of furan rings is 1. The van der Waals surface area contributed by atoms with Gasteiger partial charge in [-0.15, -0.1) is 0 Å². The summed E-state index contributed by atoms with van der Waals surface area (Å²) in [4.78, 5) is 20.2. The summed E-state index contributed by atoms with van der Waals surface area (Å²) in [5.74, 6) is -0.414. The smallest absolute Gasteiger partial charge is 0.371 e. The molecule has 20 heavy (non-hydrogen) atoms. The Morgan fingerprint density at radius 1 is 1.55 bits per heavy atom. The first-order chi connectivity index (χ1) is 9.61. The van der Waals surface area contributed by atoms with Gasteiger partial charge in [0.05, 0.1) is 6.54 Å². The van der Waals surface area contributed by atoms with Gasteiger partial charge in [-0.2, -0.15) is 0 Å². The Morgan fingerprint density at radius 2 is 2.40 bits per heavy atom. The Morgan fingerprint density at radius 3 is 3.15 bits per heavy atom. The summed E-state index contributed by atoms with van der Waals surface area (Å²) < 4.78 is 5.78. The van der Waals surface area contributed by atoms with Gasteiger partial charge in [0.25, 0.3) is 0 Å². The van der Waals surface area contributed by atoms with Crippen LogP contribution in [0.1, 0.15) is 27.6 Å². The van der Waals surface area contributed by atoms with E-state index in [0.29, 0.717) is 17.1 Å². The van der Waals surface area contributed by atoms with E-state index >= 15 is 0 Å². The lowest BCUT2D eigenvalue weighted by Crippen LogP contribution is -2.30. The molecule has 3 heterocycles. The second-order valence-corrected chi connectivity index (χ2v) is 5.11. The van der Waals surface area contributed by atoms with Gasteiger partial charge in [-0.1, -0.05) is 0 Å². The first-order valence-corrected chi connectivity index (χ1v) is 6.64. The number of hydrogen-bond acceptors (Lipinski definition) is 5. The number of aromatic carboxylic acids is 1. The third-order valence-electron chi connectivity index (χ3n) is 3.31. The van der Waals surface area contributed by atoms with E-state index < -0.39 is 5.97 Å². The van der Waals surface area contributed by atoms with Crippen molar-refractivity contribution in [2.75, 3.05) is 6.54 Å². The van der Waals surface area contributed by atoms with Gasteiger partial charge in [-0.05, 0) is 24.4 Å². The van der Waals surface area contributed by atoms with Gasteiger partial charge in [-0.3, -0.25) is 4.90 Å². The minimum Gasteiger partial charge on any atom is -0.475 e. The SMILES string of the molecule is O=C(O)c1ccc(CN2CCc3[nH]c(=S)ncc3C2)o1. The van der Waals surface area contributed by atoms with Crippen LogP contribution in [0.25, 0.3) is 0 Å². The van der Waals surface area contributed by atoms with Crippen LogP contribution in [-0.2, 0) is 19.5 Å². The zero-order valence-corrected chi connectivity index (χ0v) is 11.4. The number of fused-ring (bicyclic) bond motifs is 1. The van der Waals surface area contributed by atoms with E-state index in [4.69, 9.17) is 21.7 Å². The van der Waals surface area contributed by atoms with Crippen LogP contribution in [0.15, 0.2) is 22.7 Å². The molecule has 0 spiro atoms. The first kappa shape index (κ1) is 13.0. The quantitative estimate of drug-likeness (QED) is 0.842. The van der Waals surface area contributed by atoms with Gasteiger partial charge in [-0.25, -0.2) is 9.78 Å². The van der Waals surface area contributed by atoms with Crippen molar-refractivity contribution in [3.05, 3.63) is 45.9 Å². The summed E-state index contributed by atoms with van der Waals surface area (Å²) in [6.45, 7) is 2.20. The molecule has 0 saturated heterocycles. The highest BCUT2D eigenvalue weighted by Gasteiger charge is 2.19. The number of nitrogens with one attached hydrogen (secondary N) is 1. The molecule has 1 aliphatic rings. The highest BCUT2D eigenvalue weighted by atomic mass is 32.1. The molecule has 0 radical (unpaired) electrons. The summed E-state index contributed by atoms with van der Waals surface area (Å²) in [7, 11) is 0. The predicted octanol–water partition coefficient (Wildman–Crippen LogP) is 1.99. The van der Waals surface area contributed by atoms with E-state index in [-0.39, 0.29) is 5.76 Å². The number of nitrogens with zero attached hydrogens (tertiary/aromatic N) is 2. The topological polar surface area (TPSA) is 82.4 Å². The van der Waals surface area contributed by atoms with Crippen LogP contribution < -0.4 is 0 Å². The number of aromatic nitrogens is 2. The van der Waals surface area contributed by atoms with Crippen LogP contribution in [0.2, 0.25) is 0 Å². The van der Waals surface area contributed by atoms with E-state index in [1.807, 2.05) is 0 Å². The molecule has 0 bridgehead atoms. The van der Waals surface area contributed by atoms with Gasteiger partial charge in [0, 0.05) is 37.0 Å². The maximum absolute atomic E-state index is 10.8. The van der Waals surface area contributed by atoms with Crippen molar-refractivity contribution >= 4 is 18.2 Å². The number of aromatic amines is 1. The van der Waals surface area contributed by atoms with Crippen molar-refractivity contribution in [3.8, 4) is 0 Å². The van der Waals surface area contributed by atoms with Crippen LogP contribution >= 0.6 is 12.2 Å². The largest absolute Gasteiger partial charge is 0.475 e. The van der Waals surface area contributed by atoms with Crippen LogP contribution in [0.5, 0.6) is 0 Å². The molecule has 2 aromatic heterocycles. The molecule has 2 aromatic rings. The second-order valence-electron chi connectivity index (χ2n) is 4.72. The normalized spacial score (nSPS) is 15.0. The molecular formula is C13H13N3O3S. The first-order valence-electron chi connectivity index (χ1n) is 6.23. The van der Waals surface area contributed by atoms with E-state index in [0.717, 1.165) is 30.8 Å². The molecular weight excluding hydrogens is 278 g/mol. The fourth-order valence-electron chi connectivity index (χ4n) is 2.34. The molecule has 2 N–H and O–H groups in total. The van der Waals surface area contributed by atoms with Crippen molar-refractivity contribution in [2.24, 2.45) is 0 Å². The standard InChI is InChI=1S/C13H13N3O3S/c17-12(18)11-2-1-9(19-11)7-16-4-3-10-8(6-16)5-14-13(20)15-10/h1-2,5H,3-4,6-7H2,(H,17,18)(H,14,15,20). The molecule has 0 saturated carbocycles. The van der Waals surface area contributed by atoms with Crippen molar-refractivity contribution in [1.82, 2.24) is 14.9 Å². The average Bonchev–Trinajstić information content (AvgIpc) is 2.88. The Bertz CT molecular complexity index is 707. The number of carboxylic acids is 1. The van der Waals surface area contributed by atoms with E-state index in [1.165, 1.54) is 6.07 Å². The average molecular weight is 291 g/mol. The molecule has 7 heteroatoms. The number of carbonyl (C=O) groups is 1. The highest BCUT2D eigenvalue weighted by molar-refractivity contribution is 7.71. The molecule has 0 aromatic carbocycles. The van der Waals surface area contributed by atoms with Gasteiger partial charge >= 0.3 is 5.97 Å². The lowest BCUT2D eigenvalue weighted by Gasteiger charge is -2.27. The Kier molecular flexibility index (Phi) is 3.37. The number of hydrogen-bond donors (Lipinski definition) is 2. The van der Waals surface area contributed by atoms with Crippen molar-refractivity contribution in [1.29, 1.82) is 0 Å². The van der Waals surface area contributed by atoms with Gasteiger partial charge in [0.15, 0.2) is 4.77 Å². The van der Waals surface area contributed by atoms with Crippen molar-refractivity contribution in [2.45, 2.75) is 19.5 Å². The highest BCUT2D eigenvalue weighted by Crippen LogP contribution is 2.19. The second kappa shape index (κ2) is 5.18. The van der Waals surface area contributed by atoms with Gasteiger partial charge in [0.1, 0.15) is 5.76 Å². The Hall–Kier alpha value is -1.99. The van der Waals surface area contributed by atoms with E-state index in [2.05, 4.69) is 14.9 Å². The van der Waals surface area contributed by atoms with Crippen LogP contribution in [0.4, 0.5) is 0 Å². The van der Waals surface area contributed by atoms with E-state index in [9.17, 15) is 4.79 Å². The number of rotatable bonds is 3. The minimum atomic E-state index is -1.04. The maximum atomic E-state index is 10.8. The molecule has 0 unspecified atom stereocenters. The van der Waals surface area contributed by atoms with Crippen molar-refractivity contribution < 1.29 is 14.3 Å². The molecule has 0 aliphatic carbocycles. The molecule has 0 atom stereocenters. The van der Waals surface area contributed by atoms with Crippen molar-refractivity contribution in [3.63, 3.8) is 0 Å². The van der Waals surface area contributed by atoms with Crippen LogP contribution in [0, 0.1) is 4.77 Å². The third-order valence-corrected chi connectivity index (χ3v) is 3.51. The predicted molar refractivity (Wildman–Crippen MR) is 72.9 cm³/mol. The fourth-order valence-corrected chi connectivity index (χ4v) is 2.51. The lowest BCUT2D eigenvalue weighted by molar-refractivity contribution is 0.0658. The molecule has 6 nitrogen and oxygen atoms in total. The zero-order valence-electron chi connectivity index (χ0n) is 10.6. The van der Waals surface area contributed by atoms with E-state index in [1.54, 1.807) is 12.3 Å². The fraction of sp³-hybridized carbons (Fsp3) is 0.308.